The minimum atomic E-state index is -0.158. The molecule has 4 aromatic rings. The number of benzene rings is 2. The number of hydrogen-bond donors (Lipinski definition) is 0. The van der Waals surface area contributed by atoms with E-state index in [9.17, 15) is 4.79 Å². The lowest BCUT2D eigenvalue weighted by atomic mass is 10.2. The van der Waals surface area contributed by atoms with E-state index in [0.717, 1.165) is 5.56 Å². The van der Waals surface area contributed by atoms with Gasteiger partial charge in [0.05, 0.1) is 29.3 Å². The molecular weight excluding hydrogens is 388 g/mol. The second kappa shape index (κ2) is 8.59. The lowest BCUT2D eigenvalue weighted by molar-refractivity contribution is 0.156. The van der Waals surface area contributed by atoms with Crippen LogP contribution in [-0.2, 0) is 10.5 Å². The summed E-state index contributed by atoms with van der Waals surface area (Å²) in [6, 6.07) is 16.8. The van der Waals surface area contributed by atoms with Gasteiger partial charge in [-0.25, -0.2) is 4.98 Å². The number of ether oxygens (including phenoxy) is 1. The third-order valence-electron chi connectivity index (χ3n) is 4.44. The van der Waals surface area contributed by atoms with E-state index in [0.29, 0.717) is 40.2 Å². The van der Waals surface area contributed by atoms with Crippen molar-refractivity contribution in [3.63, 3.8) is 0 Å². The number of para-hydroxylation sites is 1. The summed E-state index contributed by atoms with van der Waals surface area (Å²) in [6.07, 6.45) is 0. The summed E-state index contributed by atoms with van der Waals surface area (Å²) in [5, 5.41) is 9.42. The van der Waals surface area contributed by atoms with Crippen molar-refractivity contribution in [3.8, 4) is 11.5 Å². The molecule has 0 fully saturated rings. The van der Waals surface area contributed by atoms with Gasteiger partial charge in [0.15, 0.2) is 5.16 Å². The highest BCUT2D eigenvalue weighted by Crippen LogP contribution is 2.25. The molecule has 0 saturated carbocycles. The molecule has 2 heterocycles. The molecule has 0 saturated heterocycles. The van der Waals surface area contributed by atoms with E-state index in [1.165, 1.54) is 11.8 Å². The monoisotopic (exact) mass is 408 g/mol. The standard InChI is InChI=1S/C21H20N4O3S/c1-14(12-27-2)25-20(26)16-10-6-7-11-17(16)22-21(25)29-13-18-23-24-19(28-18)15-8-4-3-5-9-15/h3-11,14H,12-13H2,1-2H3/t14-/m0/s1. The van der Waals surface area contributed by atoms with Gasteiger partial charge in [0.1, 0.15) is 0 Å². The number of aromatic nitrogens is 4. The van der Waals surface area contributed by atoms with Crippen LogP contribution in [0.2, 0.25) is 0 Å². The molecule has 0 aliphatic rings. The Morgan fingerprint density at radius 2 is 1.86 bits per heavy atom. The SMILES string of the molecule is COC[C@H](C)n1c(SCc2nnc(-c3ccccc3)o2)nc2ccccc2c1=O. The van der Waals surface area contributed by atoms with Gasteiger partial charge in [-0.3, -0.25) is 9.36 Å². The first kappa shape index (κ1) is 19.4. The molecule has 29 heavy (non-hydrogen) atoms. The molecule has 0 N–H and O–H groups in total. The molecule has 0 spiro atoms. The average Bonchev–Trinajstić information content (AvgIpc) is 3.22. The van der Waals surface area contributed by atoms with Crippen molar-refractivity contribution in [1.82, 2.24) is 19.7 Å². The largest absolute Gasteiger partial charge is 0.420 e. The lowest BCUT2D eigenvalue weighted by Crippen LogP contribution is -2.28. The topological polar surface area (TPSA) is 83.0 Å². The van der Waals surface area contributed by atoms with Crippen LogP contribution in [0.1, 0.15) is 18.9 Å². The minimum absolute atomic E-state index is 0.0850. The first-order valence-corrected chi connectivity index (χ1v) is 10.2. The minimum Gasteiger partial charge on any atom is -0.420 e. The predicted molar refractivity (Wildman–Crippen MR) is 112 cm³/mol. The van der Waals surface area contributed by atoms with E-state index in [4.69, 9.17) is 14.1 Å². The summed E-state index contributed by atoms with van der Waals surface area (Å²) in [6.45, 7) is 2.35. The molecule has 0 unspecified atom stereocenters. The molecule has 1 atom stereocenters. The molecule has 0 bridgehead atoms. The molecule has 7 nitrogen and oxygen atoms in total. The Balaban J connectivity index is 1.64. The Hall–Kier alpha value is -2.97. The van der Waals surface area contributed by atoms with Crippen molar-refractivity contribution < 1.29 is 9.15 Å². The van der Waals surface area contributed by atoms with Crippen molar-refractivity contribution >= 4 is 22.7 Å². The maximum atomic E-state index is 13.1. The highest BCUT2D eigenvalue weighted by atomic mass is 32.2. The van der Waals surface area contributed by atoms with E-state index < -0.39 is 0 Å². The predicted octanol–water partition coefficient (Wildman–Crippen LogP) is 3.95. The molecule has 0 radical (unpaired) electrons. The van der Waals surface area contributed by atoms with E-state index in [-0.39, 0.29) is 11.6 Å². The molecular formula is C21H20N4O3S. The van der Waals surface area contributed by atoms with E-state index >= 15 is 0 Å². The Labute approximate surface area is 171 Å². The van der Waals surface area contributed by atoms with Gasteiger partial charge < -0.3 is 9.15 Å². The normalized spacial score (nSPS) is 12.3. The van der Waals surface area contributed by atoms with Gasteiger partial charge in [-0.15, -0.1) is 10.2 Å². The van der Waals surface area contributed by atoms with Gasteiger partial charge >= 0.3 is 0 Å². The zero-order valence-electron chi connectivity index (χ0n) is 16.1. The van der Waals surface area contributed by atoms with Crippen LogP contribution in [0, 0.1) is 0 Å². The molecule has 0 aliphatic heterocycles. The molecule has 2 aromatic heterocycles. The number of nitrogens with zero attached hydrogens (tertiary/aromatic N) is 4. The quantitative estimate of drug-likeness (QED) is 0.338. The smallest absolute Gasteiger partial charge is 0.262 e. The van der Waals surface area contributed by atoms with Crippen molar-refractivity contribution in [2.75, 3.05) is 13.7 Å². The number of thioether (sulfide) groups is 1. The second-order valence-electron chi connectivity index (χ2n) is 6.55. The maximum absolute atomic E-state index is 13.1. The Morgan fingerprint density at radius 3 is 2.66 bits per heavy atom. The summed E-state index contributed by atoms with van der Waals surface area (Å²) in [4.78, 5) is 17.8. The number of fused-ring (bicyclic) bond motifs is 1. The zero-order chi connectivity index (χ0) is 20.2. The van der Waals surface area contributed by atoms with Crippen LogP contribution in [0.4, 0.5) is 0 Å². The molecule has 148 valence electrons. The van der Waals surface area contributed by atoms with Gasteiger partial charge in [-0.1, -0.05) is 42.1 Å². The molecule has 8 heteroatoms. The van der Waals surface area contributed by atoms with Gasteiger partial charge in [0.25, 0.3) is 5.56 Å². The summed E-state index contributed by atoms with van der Waals surface area (Å²) >= 11 is 1.39. The van der Waals surface area contributed by atoms with Crippen LogP contribution in [-0.4, -0.2) is 33.5 Å². The van der Waals surface area contributed by atoms with Crippen LogP contribution in [0.25, 0.3) is 22.4 Å². The van der Waals surface area contributed by atoms with Gasteiger partial charge in [-0.2, -0.15) is 0 Å². The Kier molecular flexibility index (Phi) is 5.73. The van der Waals surface area contributed by atoms with Crippen LogP contribution >= 0.6 is 11.8 Å². The van der Waals surface area contributed by atoms with Crippen molar-refractivity contribution in [2.24, 2.45) is 0 Å². The van der Waals surface area contributed by atoms with Crippen LogP contribution in [0.15, 0.2) is 69.0 Å². The average molecular weight is 408 g/mol. The number of rotatable bonds is 7. The fraction of sp³-hybridized carbons (Fsp3) is 0.238. The van der Waals surface area contributed by atoms with Gasteiger partial charge in [0, 0.05) is 12.7 Å². The van der Waals surface area contributed by atoms with E-state index in [1.807, 2.05) is 55.5 Å². The molecule has 0 amide bonds. The highest BCUT2D eigenvalue weighted by molar-refractivity contribution is 7.98. The van der Waals surface area contributed by atoms with Crippen LogP contribution in [0.5, 0.6) is 0 Å². The summed E-state index contributed by atoms with van der Waals surface area (Å²) in [7, 11) is 1.62. The number of methoxy groups -OCH3 is 1. The third-order valence-corrected chi connectivity index (χ3v) is 5.37. The molecule has 4 rings (SSSR count). The van der Waals surface area contributed by atoms with Crippen LogP contribution in [0.3, 0.4) is 0 Å². The van der Waals surface area contributed by atoms with Crippen molar-refractivity contribution in [3.05, 3.63) is 70.8 Å². The lowest BCUT2D eigenvalue weighted by Gasteiger charge is -2.18. The second-order valence-corrected chi connectivity index (χ2v) is 7.49. The Bertz CT molecular complexity index is 1170. The molecule has 2 aromatic carbocycles. The summed E-state index contributed by atoms with van der Waals surface area (Å²) in [5.74, 6) is 1.35. The maximum Gasteiger partial charge on any atom is 0.262 e. The number of hydrogen-bond acceptors (Lipinski definition) is 7. The van der Waals surface area contributed by atoms with Gasteiger partial charge in [-0.05, 0) is 31.2 Å². The van der Waals surface area contributed by atoms with Crippen molar-refractivity contribution in [1.29, 1.82) is 0 Å². The van der Waals surface area contributed by atoms with Crippen molar-refractivity contribution in [2.45, 2.75) is 23.9 Å². The fourth-order valence-electron chi connectivity index (χ4n) is 3.07. The summed E-state index contributed by atoms with van der Waals surface area (Å²) < 4.78 is 12.7. The summed E-state index contributed by atoms with van der Waals surface area (Å²) in [5.41, 5.74) is 1.44. The molecule has 0 aliphatic carbocycles. The van der Waals surface area contributed by atoms with E-state index in [1.54, 1.807) is 17.7 Å². The fourth-order valence-corrected chi connectivity index (χ4v) is 4.00. The Morgan fingerprint density at radius 1 is 1.10 bits per heavy atom. The first-order valence-electron chi connectivity index (χ1n) is 9.18. The highest BCUT2D eigenvalue weighted by Gasteiger charge is 2.18. The van der Waals surface area contributed by atoms with Crippen LogP contribution < -0.4 is 5.56 Å². The van der Waals surface area contributed by atoms with E-state index in [2.05, 4.69) is 10.2 Å². The third kappa shape index (κ3) is 4.08. The zero-order valence-corrected chi connectivity index (χ0v) is 16.9. The van der Waals surface area contributed by atoms with Gasteiger partial charge in [0.2, 0.25) is 11.8 Å². The first-order chi connectivity index (χ1) is 14.2.